The summed E-state index contributed by atoms with van der Waals surface area (Å²) in [6.45, 7) is 32.3. The topological polar surface area (TPSA) is 291 Å². The number of rotatable bonds is 21. The zero-order valence-electron chi connectivity index (χ0n) is 63.5. The zero-order valence-corrected chi connectivity index (χ0v) is 65.1. The Kier molecular flexibility index (Phi) is 36.7. The smallest absolute Gasteiger partial charge is 0.256 e. The van der Waals surface area contributed by atoms with Crippen LogP contribution in [0.1, 0.15) is 163 Å². The summed E-state index contributed by atoms with van der Waals surface area (Å²) >= 11 is 3.08. The Morgan fingerprint density at radius 1 is 0.557 bits per heavy atom. The molecule has 0 radical (unpaired) electrons. The molecule has 0 spiro atoms. The maximum Gasteiger partial charge on any atom is 0.256 e. The van der Waals surface area contributed by atoms with Crippen molar-refractivity contribution in [3.05, 3.63) is 12.2 Å². The number of methoxy groups -OCH3 is 1. The van der Waals surface area contributed by atoms with Gasteiger partial charge in [-0.05, 0) is 121 Å². The average Bonchev–Trinajstić information content (AvgIpc) is 0.815. The molecule has 0 aromatic carbocycles. The van der Waals surface area contributed by atoms with Gasteiger partial charge in [0.15, 0.2) is 5.37 Å². The highest BCUT2D eigenvalue weighted by atomic mass is 32.2. The number of hydrogen-bond donors (Lipinski definition) is 5. The molecule has 2 rings (SSSR count). The summed E-state index contributed by atoms with van der Waals surface area (Å²) in [5.74, 6) is -7.50. The molecule has 0 aromatic rings. The SMILES string of the molecule is C/C=C/C[C@@H](C)[C@@H](O)[C@H]1C(=O)N[C@@H](CC)C(=O)N(C)[C@H](SCCCN2CCSCC2)C(=O)N(C)[C@@H](CC(C)(C)OC)C(=O)N[C@@H](C(C)C)C(=O)N(C)[C@@H](CC(C)C)C(=O)N[C@@H](C)C(=O)N[C@H](C)C(=O)N(C)[C@@H](CC(C)C)C(=O)N(C)[C@@H](CC(C)C)C(=O)N(C)[C@@H](C(C)C)C(=O)N1C. The van der Waals surface area contributed by atoms with Gasteiger partial charge in [0.1, 0.15) is 60.4 Å². The van der Waals surface area contributed by atoms with Gasteiger partial charge in [-0.2, -0.15) is 11.8 Å². The molecule has 5 N–H and O–H groups in total. The molecular formula is C70H126N12O13S2. The summed E-state index contributed by atoms with van der Waals surface area (Å²) in [6, 6.07) is -12.8. The fourth-order valence-electron chi connectivity index (χ4n) is 12.3. The van der Waals surface area contributed by atoms with Crippen LogP contribution in [-0.2, 0) is 57.5 Å². The molecule has 0 aromatic heterocycles. The summed E-state index contributed by atoms with van der Waals surface area (Å²) in [6.07, 6.45) is 3.35. The number of thioether (sulfide) groups is 2. The first-order chi connectivity index (χ1) is 45.0. The van der Waals surface area contributed by atoms with Crippen molar-refractivity contribution in [1.29, 1.82) is 0 Å². The van der Waals surface area contributed by atoms with Crippen LogP contribution in [0.2, 0.25) is 0 Å². The minimum absolute atomic E-state index is 0.00586. The largest absolute Gasteiger partial charge is 0.390 e. The molecule has 25 nitrogen and oxygen atoms in total. The third-order valence-electron chi connectivity index (χ3n) is 18.7. The highest BCUT2D eigenvalue weighted by Gasteiger charge is 2.47. The van der Waals surface area contributed by atoms with Crippen molar-refractivity contribution in [1.82, 2.24) is 60.5 Å². The van der Waals surface area contributed by atoms with Crippen LogP contribution in [0.15, 0.2) is 12.2 Å². The van der Waals surface area contributed by atoms with E-state index in [1.54, 1.807) is 61.5 Å². The van der Waals surface area contributed by atoms with Crippen molar-refractivity contribution in [3.8, 4) is 0 Å². The number of nitrogens with zero attached hydrogens (tertiary/aromatic N) is 8. The van der Waals surface area contributed by atoms with Crippen LogP contribution in [0.25, 0.3) is 0 Å². The second-order valence-corrected chi connectivity index (χ2v) is 31.8. The number of amides is 11. The lowest BCUT2D eigenvalue weighted by Crippen LogP contribution is -2.64. The quantitative estimate of drug-likeness (QED) is 0.0779. The van der Waals surface area contributed by atoms with Crippen LogP contribution in [0.5, 0.6) is 0 Å². The van der Waals surface area contributed by atoms with Crippen LogP contribution in [0.4, 0.5) is 0 Å². The molecule has 2 heterocycles. The second kappa shape index (κ2) is 40.7. The van der Waals surface area contributed by atoms with Crippen LogP contribution in [0, 0.1) is 35.5 Å². The number of carbonyl (C=O) groups is 11. The molecule has 556 valence electrons. The van der Waals surface area contributed by atoms with Gasteiger partial charge in [0, 0.05) is 87.5 Å². The van der Waals surface area contributed by atoms with E-state index in [0.29, 0.717) is 18.6 Å². The van der Waals surface area contributed by atoms with Gasteiger partial charge in [-0.1, -0.05) is 95.2 Å². The van der Waals surface area contributed by atoms with Crippen LogP contribution in [-0.4, -0.2) is 280 Å². The van der Waals surface area contributed by atoms with E-state index in [0.717, 1.165) is 36.0 Å². The van der Waals surface area contributed by atoms with Gasteiger partial charge in [0.2, 0.25) is 59.1 Å². The van der Waals surface area contributed by atoms with Gasteiger partial charge < -0.3 is 70.3 Å². The highest BCUT2D eigenvalue weighted by Crippen LogP contribution is 2.29. The zero-order chi connectivity index (χ0) is 74.4. The number of ether oxygens (including phenoxy) is 1. The predicted molar refractivity (Wildman–Crippen MR) is 384 cm³/mol. The van der Waals surface area contributed by atoms with Gasteiger partial charge in [-0.3, -0.25) is 52.7 Å². The van der Waals surface area contributed by atoms with Gasteiger partial charge in [-0.25, -0.2) is 0 Å². The highest BCUT2D eigenvalue weighted by molar-refractivity contribution is 8.00. The summed E-state index contributed by atoms with van der Waals surface area (Å²) in [5.41, 5.74) is -1.04. The number of allylic oxidation sites excluding steroid dienone is 2. The first-order valence-corrected chi connectivity index (χ1v) is 37.1. The molecule has 27 heteroatoms. The van der Waals surface area contributed by atoms with Gasteiger partial charge in [0.25, 0.3) is 5.91 Å². The van der Waals surface area contributed by atoms with Crippen molar-refractivity contribution < 1.29 is 62.6 Å². The van der Waals surface area contributed by atoms with Crippen LogP contribution < -0.4 is 21.3 Å². The van der Waals surface area contributed by atoms with E-state index in [2.05, 4.69) is 26.2 Å². The van der Waals surface area contributed by atoms with E-state index in [1.807, 2.05) is 66.3 Å². The van der Waals surface area contributed by atoms with E-state index in [4.69, 9.17) is 4.74 Å². The summed E-state index contributed by atoms with van der Waals surface area (Å²) < 4.78 is 5.86. The Bertz CT molecular complexity index is 2660. The van der Waals surface area contributed by atoms with E-state index in [9.17, 15) is 24.3 Å². The summed E-state index contributed by atoms with van der Waals surface area (Å²) in [7, 11) is 11.5. The molecule has 2 aliphatic heterocycles. The van der Waals surface area contributed by atoms with E-state index >= 15 is 33.6 Å². The predicted octanol–water partition coefficient (Wildman–Crippen LogP) is 4.54. The van der Waals surface area contributed by atoms with Gasteiger partial charge in [0.05, 0.1) is 11.7 Å². The fourth-order valence-corrected chi connectivity index (χ4v) is 14.4. The minimum Gasteiger partial charge on any atom is -0.390 e. The third kappa shape index (κ3) is 25.3. The molecule has 2 fully saturated rings. The van der Waals surface area contributed by atoms with Gasteiger partial charge in [-0.15, -0.1) is 11.8 Å². The van der Waals surface area contributed by atoms with Gasteiger partial charge >= 0.3 is 0 Å². The molecule has 2 aliphatic rings. The molecule has 0 aliphatic carbocycles. The van der Waals surface area contributed by atoms with Crippen LogP contribution in [0.3, 0.4) is 0 Å². The van der Waals surface area contributed by atoms with Crippen molar-refractivity contribution in [2.75, 3.05) is 93.3 Å². The lowest BCUT2D eigenvalue weighted by Gasteiger charge is -2.41. The van der Waals surface area contributed by atoms with Crippen molar-refractivity contribution >= 4 is 88.5 Å². The summed E-state index contributed by atoms with van der Waals surface area (Å²) in [4.78, 5) is 176. The maximum absolute atomic E-state index is 15.6. The first kappa shape index (κ1) is 87.6. The summed E-state index contributed by atoms with van der Waals surface area (Å²) in [5, 5.41) is 22.3. The lowest BCUT2D eigenvalue weighted by molar-refractivity contribution is -0.157. The molecule has 0 unspecified atom stereocenters. The Balaban J connectivity index is 3.14. The minimum atomic E-state index is -1.65. The molecule has 0 saturated carbocycles. The van der Waals surface area contributed by atoms with E-state index in [1.165, 1.54) is 111 Å². The Morgan fingerprint density at radius 2 is 1.03 bits per heavy atom. The number of aliphatic hydroxyl groups is 1. The Labute approximate surface area is 589 Å². The monoisotopic (exact) mass is 1410 g/mol. The normalized spacial score (nSPS) is 27.1. The number of hydrogen-bond acceptors (Lipinski definition) is 16. The average molecular weight is 1410 g/mol. The van der Waals surface area contributed by atoms with E-state index in [-0.39, 0.29) is 49.9 Å². The maximum atomic E-state index is 15.6. The third-order valence-corrected chi connectivity index (χ3v) is 21.0. The Morgan fingerprint density at radius 3 is 1.53 bits per heavy atom. The number of carbonyl (C=O) groups excluding carboxylic acids is 11. The molecular weight excluding hydrogens is 1280 g/mol. The van der Waals surface area contributed by atoms with Crippen molar-refractivity contribution in [3.63, 3.8) is 0 Å². The number of likely N-dealkylation sites (N-methyl/N-ethyl adjacent to an activating group) is 7. The first-order valence-electron chi connectivity index (χ1n) is 34.9. The lowest BCUT2D eigenvalue weighted by atomic mass is 9.91. The molecule has 97 heavy (non-hydrogen) atoms. The fraction of sp³-hybridized carbons (Fsp3) is 0.814. The molecule has 0 bridgehead atoms. The van der Waals surface area contributed by atoms with E-state index < -0.39 is 160 Å². The standard InChI is InChI=1S/C70H126N12O13S2/c1-26-28-30-46(13)57(83)56-61(87)73-49(27-2)63(89)81(24)69(97-34-29-31-82-32-35-96-36-33-82)68(94)78(21)53(40-70(16,17)95-25)60(86)74-54(44(9)10)66(92)75(18)50(37-41(3)4)59(85)71-47(14)58(84)72-48(15)62(88)76(19)51(38-42(5)6)64(90)77(20)52(39-43(7)8)65(91)79(22)55(45(11)12)67(93)80(56)23/h26,28,41-57,69,83H,27,29-40H2,1-25H3,(H,71,85)(H,72,84)(H,73,87)(H,74,86)/b28-26+/t46-,47+,48-,49+,50+,51+,52+,53+,54+,55+,56+,57-,69-/m1/s1. The number of aliphatic hydroxyl groups excluding tert-OH is 1. The van der Waals surface area contributed by atoms with Crippen LogP contribution >= 0.6 is 23.5 Å². The Hall–Kier alpha value is -5.51. The second-order valence-electron chi connectivity index (χ2n) is 29.4. The van der Waals surface area contributed by atoms with Crippen molar-refractivity contribution in [2.24, 2.45) is 35.5 Å². The van der Waals surface area contributed by atoms with Crippen molar-refractivity contribution in [2.45, 2.75) is 240 Å². The molecule has 2 saturated heterocycles. The number of nitrogens with one attached hydrogen (secondary N) is 4. The molecule has 13 atom stereocenters. The molecule has 11 amide bonds.